The van der Waals surface area contributed by atoms with Crippen LogP contribution in [0.25, 0.3) is 28.0 Å². The molecule has 0 aliphatic carbocycles. The van der Waals surface area contributed by atoms with Crippen molar-refractivity contribution >= 4 is 17.0 Å². The number of aromatic nitrogens is 6. The number of aromatic carboxylic acids is 1. The van der Waals surface area contributed by atoms with E-state index in [1.54, 1.807) is 18.3 Å². The van der Waals surface area contributed by atoms with E-state index in [0.29, 0.717) is 35.8 Å². The van der Waals surface area contributed by atoms with Gasteiger partial charge in [0.05, 0.1) is 59.6 Å². The zero-order chi connectivity index (χ0) is 34.4. The Hall–Kier alpha value is -5.63. The molecule has 49 heavy (non-hydrogen) atoms. The minimum absolute atomic E-state index is 0.00335. The molecule has 0 bridgehead atoms. The first-order chi connectivity index (χ1) is 23.5. The van der Waals surface area contributed by atoms with Crippen LogP contribution in [0.1, 0.15) is 47.2 Å². The topological polar surface area (TPSA) is 117 Å². The van der Waals surface area contributed by atoms with Crippen molar-refractivity contribution < 1.29 is 36.9 Å². The minimum Gasteiger partial charge on any atom is -0.478 e. The van der Waals surface area contributed by atoms with Gasteiger partial charge in [0, 0.05) is 29.0 Å². The highest BCUT2D eigenvalue weighted by Gasteiger charge is 2.39. The van der Waals surface area contributed by atoms with Crippen LogP contribution < -0.4 is 4.74 Å². The third-order valence-electron chi connectivity index (χ3n) is 8.64. The number of pyridine rings is 1. The summed E-state index contributed by atoms with van der Waals surface area (Å²) in [7, 11) is 0. The van der Waals surface area contributed by atoms with Gasteiger partial charge in [-0.25, -0.2) is 37.0 Å². The minimum atomic E-state index is -1.10. The van der Waals surface area contributed by atoms with Crippen molar-refractivity contribution in [2.45, 2.75) is 32.9 Å². The van der Waals surface area contributed by atoms with Gasteiger partial charge in [0.1, 0.15) is 29.9 Å². The molecule has 0 spiro atoms. The SMILES string of the molecule is CC1(C)COCC1n1c(Cc2cc(F)c(-c3ccc(F)c(OCc4ccc(-n5ccnn5)cc4F)n3)cc2F)nc2ccc(C(=O)O)cc21. The number of carboxylic acid groups (broad SMARTS) is 1. The van der Waals surface area contributed by atoms with Crippen LogP contribution in [-0.4, -0.2) is 53.8 Å². The van der Waals surface area contributed by atoms with Crippen LogP contribution in [0.4, 0.5) is 17.6 Å². The maximum atomic E-state index is 15.7. The molecule has 1 fully saturated rings. The van der Waals surface area contributed by atoms with Gasteiger partial charge < -0.3 is 19.1 Å². The Morgan fingerprint density at radius 2 is 1.78 bits per heavy atom. The predicted molar refractivity (Wildman–Crippen MR) is 168 cm³/mol. The number of halogens is 4. The smallest absolute Gasteiger partial charge is 0.335 e. The van der Waals surface area contributed by atoms with E-state index in [1.165, 1.54) is 41.2 Å². The molecule has 0 amide bonds. The number of imidazole rings is 1. The van der Waals surface area contributed by atoms with Gasteiger partial charge in [-0.15, -0.1) is 5.10 Å². The van der Waals surface area contributed by atoms with Gasteiger partial charge in [0.15, 0.2) is 5.82 Å². The number of carboxylic acids is 1. The second-order valence-corrected chi connectivity index (χ2v) is 12.4. The first-order valence-electron chi connectivity index (χ1n) is 15.2. The van der Waals surface area contributed by atoms with Crippen LogP contribution in [0, 0.1) is 28.7 Å². The molecule has 0 saturated carbocycles. The number of rotatable bonds is 9. The molecule has 6 aromatic rings. The van der Waals surface area contributed by atoms with Gasteiger partial charge in [-0.1, -0.05) is 25.1 Å². The number of hydrogen-bond acceptors (Lipinski definition) is 7. The fourth-order valence-electron chi connectivity index (χ4n) is 5.98. The standard InChI is InChI=1S/C35H28F4N6O4/c1-35(2)18-48-17-31(35)45-30-12-19(34(46)47)4-7-29(30)41-32(45)13-21-11-27(39)23(15-26(21)38)28-8-6-24(36)33(42-28)49-16-20-3-5-22(14-25(20)37)44-10-9-40-43-44/h3-12,14-15,31H,13,16-18H2,1-2H3,(H,46,47). The van der Waals surface area contributed by atoms with Gasteiger partial charge in [0.25, 0.3) is 5.88 Å². The van der Waals surface area contributed by atoms with Gasteiger partial charge in [-0.2, -0.15) is 0 Å². The average Bonchev–Trinajstić information content (AvgIpc) is 3.81. The van der Waals surface area contributed by atoms with E-state index < -0.39 is 35.1 Å². The van der Waals surface area contributed by atoms with Crippen LogP contribution in [0.3, 0.4) is 0 Å². The summed E-state index contributed by atoms with van der Waals surface area (Å²) in [4.78, 5) is 20.5. The summed E-state index contributed by atoms with van der Waals surface area (Å²) in [6, 6.07) is 12.8. The monoisotopic (exact) mass is 672 g/mol. The first kappa shape index (κ1) is 31.9. The van der Waals surface area contributed by atoms with Crippen LogP contribution in [0.5, 0.6) is 5.88 Å². The Kier molecular flexibility index (Phi) is 8.11. The normalized spacial score (nSPS) is 15.6. The van der Waals surface area contributed by atoms with E-state index in [9.17, 15) is 18.7 Å². The Morgan fingerprint density at radius 1 is 0.959 bits per heavy atom. The molecule has 3 aromatic carbocycles. The van der Waals surface area contributed by atoms with E-state index in [2.05, 4.69) is 20.3 Å². The molecule has 7 rings (SSSR count). The van der Waals surface area contributed by atoms with Gasteiger partial charge in [0.2, 0.25) is 0 Å². The van der Waals surface area contributed by atoms with Gasteiger partial charge in [-0.3, -0.25) is 0 Å². The first-order valence-corrected chi connectivity index (χ1v) is 15.2. The van der Waals surface area contributed by atoms with Crippen LogP contribution in [-0.2, 0) is 17.8 Å². The molecule has 3 aromatic heterocycles. The maximum Gasteiger partial charge on any atom is 0.335 e. The molecule has 1 saturated heterocycles. The number of nitrogens with zero attached hydrogens (tertiary/aromatic N) is 6. The maximum absolute atomic E-state index is 15.7. The number of fused-ring (bicyclic) bond motifs is 1. The van der Waals surface area contributed by atoms with Crippen molar-refractivity contribution in [1.29, 1.82) is 0 Å². The molecule has 14 heteroatoms. The molecule has 1 aliphatic heterocycles. The molecule has 250 valence electrons. The summed E-state index contributed by atoms with van der Waals surface area (Å²) < 4.78 is 75.3. The van der Waals surface area contributed by atoms with E-state index in [0.717, 1.165) is 18.2 Å². The van der Waals surface area contributed by atoms with E-state index in [4.69, 9.17) is 9.47 Å². The van der Waals surface area contributed by atoms with Crippen LogP contribution >= 0.6 is 0 Å². The highest BCUT2D eigenvalue weighted by molar-refractivity contribution is 5.92. The average molecular weight is 673 g/mol. The van der Waals surface area contributed by atoms with Gasteiger partial charge >= 0.3 is 5.97 Å². The van der Waals surface area contributed by atoms with Gasteiger partial charge in [-0.05, 0) is 54.1 Å². The lowest BCUT2D eigenvalue weighted by molar-refractivity contribution is 0.0697. The van der Waals surface area contributed by atoms with Crippen LogP contribution in [0.15, 0.2) is 73.1 Å². The highest BCUT2D eigenvalue weighted by atomic mass is 19.1. The highest BCUT2D eigenvalue weighted by Crippen LogP contribution is 2.41. The van der Waals surface area contributed by atoms with Crippen molar-refractivity contribution in [3.63, 3.8) is 0 Å². The van der Waals surface area contributed by atoms with E-state index in [1.807, 2.05) is 18.4 Å². The third kappa shape index (κ3) is 6.10. The molecule has 1 N–H and O–H groups in total. The van der Waals surface area contributed by atoms with Crippen molar-refractivity contribution in [2.24, 2.45) is 5.41 Å². The zero-order valence-electron chi connectivity index (χ0n) is 26.2. The lowest BCUT2D eigenvalue weighted by Crippen LogP contribution is -2.27. The fourth-order valence-corrected chi connectivity index (χ4v) is 5.98. The summed E-state index contributed by atoms with van der Waals surface area (Å²) in [5.74, 6) is -4.29. The fraction of sp³-hybridized carbons (Fsp3) is 0.229. The molecular weight excluding hydrogens is 644 g/mol. The lowest BCUT2D eigenvalue weighted by Gasteiger charge is -2.28. The Morgan fingerprint density at radius 3 is 2.49 bits per heavy atom. The summed E-state index contributed by atoms with van der Waals surface area (Å²) in [5, 5.41) is 17.1. The predicted octanol–water partition coefficient (Wildman–Crippen LogP) is 6.70. The summed E-state index contributed by atoms with van der Waals surface area (Å²) >= 11 is 0. The number of benzene rings is 3. The molecule has 1 atom stereocenters. The van der Waals surface area contributed by atoms with E-state index in [-0.39, 0.29) is 52.4 Å². The van der Waals surface area contributed by atoms with Crippen molar-refractivity contribution in [3.8, 4) is 22.8 Å². The number of ether oxygens (including phenoxy) is 2. The second-order valence-electron chi connectivity index (χ2n) is 12.4. The molecule has 1 aliphatic rings. The molecule has 0 radical (unpaired) electrons. The Bertz CT molecular complexity index is 2220. The Labute approximate surface area is 276 Å². The lowest BCUT2D eigenvalue weighted by atomic mass is 9.87. The summed E-state index contributed by atoms with van der Waals surface area (Å²) in [5.41, 5.74) is 0.965. The zero-order valence-corrected chi connectivity index (χ0v) is 26.2. The third-order valence-corrected chi connectivity index (χ3v) is 8.64. The Balaban J connectivity index is 1.17. The molecule has 4 heterocycles. The largest absolute Gasteiger partial charge is 0.478 e. The van der Waals surface area contributed by atoms with Crippen molar-refractivity contribution in [2.75, 3.05) is 13.2 Å². The molecule has 10 nitrogen and oxygen atoms in total. The number of carbonyl (C=O) groups is 1. The molecular formula is C35H28F4N6O4. The summed E-state index contributed by atoms with van der Waals surface area (Å²) in [6.45, 7) is 4.42. The van der Waals surface area contributed by atoms with Crippen molar-refractivity contribution in [3.05, 3.63) is 119 Å². The van der Waals surface area contributed by atoms with E-state index >= 15 is 8.78 Å². The van der Waals surface area contributed by atoms with Crippen molar-refractivity contribution in [1.82, 2.24) is 29.5 Å². The second kappa shape index (κ2) is 12.4. The quantitative estimate of drug-likeness (QED) is 0.169. The molecule has 1 unspecified atom stereocenters. The van der Waals surface area contributed by atoms with Crippen LogP contribution in [0.2, 0.25) is 0 Å². The number of hydrogen-bond donors (Lipinski definition) is 1. The summed E-state index contributed by atoms with van der Waals surface area (Å²) in [6.07, 6.45) is 2.88.